The largest absolute Gasteiger partial charge is 0.495 e. The van der Waals surface area contributed by atoms with Crippen molar-refractivity contribution in [1.82, 2.24) is 4.31 Å². The van der Waals surface area contributed by atoms with Gasteiger partial charge in [-0.15, -0.1) is 0 Å². The van der Waals surface area contributed by atoms with Crippen LogP contribution in [-0.2, 0) is 19.6 Å². The number of hydrogen-bond donors (Lipinski definition) is 1. The third-order valence-electron chi connectivity index (χ3n) is 3.71. The Morgan fingerprint density at radius 3 is 2.70 bits per heavy atom. The van der Waals surface area contributed by atoms with Crippen LogP contribution in [0.5, 0.6) is 5.75 Å². The van der Waals surface area contributed by atoms with Crippen LogP contribution in [0.4, 0.5) is 0 Å². The summed E-state index contributed by atoms with van der Waals surface area (Å²) in [4.78, 5) is 11.8. The number of carbonyl (C=O) groups is 1. The minimum Gasteiger partial charge on any atom is -0.495 e. The minimum atomic E-state index is -4.04. The van der Waals surface area contributed by atoms with Gasteiger partial charge in [-0.3, -0.25) is 4.79 Å². The Hall–Kier alpha value is -1.35. The summed E-state index contributed by atoms with van der Waals surface area (Å²) < 4.78 is 36.7. The molecule has 0 amide bonds. The molecule has 1 heterocycles. The van der Waals surface area contributed by atoms with Crippen molar-refractivity contribution in [1.29, 1.82) is 0 Å². The van der Waals surface area contributed by atoms with Crippen molar-refractivity contribution in [3.63, 3.8) is 0 Å². The van der Waals surface area contributed by atoms with Gasteiger partial charge in [-0.25, -0.2) is 8.42 Å². The summed E-state index contributed by atoms with van der Waals surface area (Å²) in [5, 5.41) is 9.98. The molecular weight excluding hydrogens is 346 g/mol. The highest BCUT2D eigenvalue weighted by molar-refractivity contribution is 7.89. The van der Waals surface area contributed by atoms with Crippen molar-refractivity contribution in [2.45, 2.75) is 29.9 Å². The average molecular weight is 364 g/mol. The fourth-order valence-electron chi connectivity index (χ4n) is 2.54. The SMILES string of the molecule is COC(=O)[C@@H]1C[C@H](O)CCN1S(=O)(=O)c1cc(Cl)ccc1OC. The van der Waals surface area contributed by atoms with E-state index in [4.69, 9.17) is 16.3 Å². The molecule has 0 unspecified atom stereocenters. The number of rotatable bonds is 4. The van der Waals surface area contributed by atoms with E-state index in [1.807, 2.05) is 0 Å². The second kappa shape index (κ2) is 7.04. The number of halogens is 1. The van der Waals surface area contributed by atoms with Crippen LogP contribution in [0.25, 0.3) is 0 Å². The van der Waals surface area contributed by atoms with Gasteiger partial charge in [0.25, 0.3) is 0 Å². The summed E-state index contributed by atoms with van der Waals surface area (Å²) in [6, 6.07) is 3.14. The van der Waals surface area contributed by atoms with E-state index >= 15 is 0 Å². The Kier molecular flexibility index (Phi) is 5.51. The predicted octanol–water partition coefficient (Wildman–Crippen LogP) is 1.04. The lowest BCUT2D eigenvalue weighted by Gasteiger charge is -2.35. The van der Waals surface area contributed by atoms with Gasteiger partial charge in [-0.2, -0.15) is 4.31 Å². The summed E-state index contributed by atoms with van der Waals surface area (Å²) in [6.45, 7) is -0.00106. The molecule has 2 atom stereocenters. The molecule has 1 aromatic rings. The molecule has 7 nitrogen and oxygen atoms in total. The maximum absolute atomic E-state index is 13.0. The molecule has 2 rings (SSSR count). The van der Waals surface area contributed by atoms with Crippen molar-refractivity contribution in [2.75, 3.05) is 20.8 Å². The van der Waals surface area contributed by atoms with E-state index < -0.39 is 28.1 Å². The summed E-state index contributed by atoms with van der Waals surface area (Å²) in [6.07, 6.45) is -0.545. The van der Waals surface area contributed by atoms with Crippen molar-refractivity contribution in [3.05, 3.63) is 23.2 Å². The van der Waals surface area contributed by atoms with E-state index in [-0.39, 0.29) is 35.1 Å². The Morgan fingerprint density at radius 2 is 2.09 bits per heavy atom. The van der Waals surface area contributed by atoms with Crippen LogP contribution in [0.2, 0.25) is 5.02 Å². The molecule has 1 fully saturated rings. The maximum Gasteiger partial charge on any atom is 0.324 e. The first kappa shape index (κ1) is 18.0. The summed E-state index contributed by atoms with van der Waals surface area (Å²) in [5.74, 6) is -0.586. The van der Waals surface area contributed by atoms with Crippen LogP contribution < -0.4 is 4.74 Å². The van der Waals surface area contributed by atoms with E-state index in [0.717, 1.165) is 4.31 Å². The summed E-state index contributed by atoms with van der Waals surface area (Å²) in [7, 11) is -1.52. The Labute approximate surface area is 139 Å². The number of aliphatic hydroxyl groups is 1. The van der Waals surface area contributed by atoms with Gasteiger partial charge in [0, 0.05) is 18.0 Å². The van der Waals surface area contributed by atoms with Gasteiger partial charge < -0.3 is 14.6 Å². The van der Waals surface area contributed by atoms with Gasteiger partial charge in [-0.05, 0) is 24.6 Å². The lowest BCUT2D eigenvalue weighted by Crippen LogP contribution is -2.51. The maximum atomic E-state index is 13.0. The van der Waals surface area contributed by atoms with Gasteiger partial charge in [0.2, 0.25) is 10.0 Å². The normalized spacial score (nSPS) is 22.6. The van der Waals surface area contributed by atoms with E-state index in [9.17, 15) is 18.3 Å². The molecule has 1 saturated heterocycles. The molecule has 1 N–H and O–H groups in total. The van der Waals surface area contributed by atoms with Gasteiger partial charge in [-0.1, -0.05) is 11.6 Å². The number of hydrogen-bond acceptors (Lipinski definition) is 6. The zero-order valence-corrected chi connectivity index (χ0v) is 14.3. The topological polar surface area (TPSA) is 93.1 Å². The molecule has 0 bridgehead atoms. The van der Waals surface area contributed by atoms with Crippen LogP contribution in [0, 0.1) is 0 Å². The lowest BCUT2D eigenvalue weighted by molar-refractivity contribution is -0.147. The van der Waals surface area contributed by atoms with E-state index in [1.165, 1.54) is 32.4 Å². The number of benzene rings is 1. The monoisotopic (exact) mass is 363 g/mol. The number of piperidine rings is 1. The molecular formula is C14H18ClNO6S. The molecule has 1 aliphatic heterocycles. The third kappa shape index (κ3) is 3.60. The quantitative estimate of drug-likeness (QED) is 0.803. The Morgan fingerprint density at radius 1 is 1.39 bits per heavy atom. The van der Waals surface area contributed by atoms with Crippen molar-refractivity contribution < 1.29 is 27.8 Å². The molecule has 1 aliphatic rings. The van der Waals surface area contributed by atoms with E-state index in [2.05, 4.69) is 4.74 Å². The van der Waals surface area contributed by atoms with Crippen molar-refractivity contribution in [2.24, 2.45) is 0 Å². The fourth-order valence-corrected chi connectivity index (χ4v) is 4.57. The van der Waals surface area contributed by atoms with Crippen LogP contribution in [0.15, 0.2) is 23.1 Å². The molecule has 128 valence electrons. The van der Waals surface area contributed by atoms with Crippen LogP contribution in [0.1, 0.15) is 12.8 Å². The fraction of sp³-hybridized carbons (Fsp3) is 0.500. The smallest absolute Gasteiger partial charge is 0.324 e. The van der Waals surface area contributed by atoms with Gasteiger partial charge >= 0.3 is 5.97 Å². The van der Waals surface area contributed by atoms with Gasteiger partial charge in [0.15, 0.2) is 0 Å². The van der Waals surface area contributed by atoms with Crippen molar-refractivity contribution >= 4 is 27.6 Å². The first-order valence-corrected chi connectivity index (χ1v) is 8.74. The van der Waals surface area contributed by atoms with Crippen molar-refractivity contribution in [3.8, 4) is 5.75 Å². The number of nitrogens with zero attached hydrogens (tertiary/aromatic N) is 1. The van der Waals surface area contributed by atoms with Crippen LogP contribution >= 0.6 is 11.6 Å². The number of ether oxygens (including phenoxy) is 2. The minimum absolute atomic E-state index is 0.00106. The van der Waals surface area contributed by atoms with E-state index in [1.54, 1.807) is 0 Å². The number of sulfonamides is 1. The first-order chi connectivity index (χ1) is 10.8. The Balaban J connectivity index is 2.48. The molecule has 1 aromatic carbocycles. The molecule has 0 radical (unpaired) electrons. The zero-order chi connectivity index (χ0) is 17.2. The molecule has 0 saturated carbocycles. The molecule has 0 aromatic heterocycles. The van der Waals surface area contributed by atoms with Crippen LogP contribution in [-0.4, -0.2) is 56.7 Å². The second-order valence-corrected chi connectivity index (χ2v) is 7.42. The first-order valence-electron chi connectivity index (χ1n) is 6.92. The number of methoxy groups -OCH3 is 2. The summed E-state index contributed by atoms with van der Waals surface area (Å²) >= 11 is 5.90. The number of carbonyl (C=O) groups excluding carboxylic acids is 1. The van der Waals surface area contributed by atoms with Gasteiger partial charge in [0.05, 0.1) is 20.3 Å². The zero-order valence-electron chi connectivity index (χ0n) is 12.7. The Bertz CT molecular complexity index is 693. The van der Waals surface area contributed by atoms with E-state index in [0.29, 0.717) is 0 Å². The highest BCUT2D eigenvalue weighted by Gasteiger charge is 2.42. The molecule has 0 aliphatic carbocycles. The lowest BCUT2D eigenvalue weighted by atomic mass is 10.0. The van der Waals surface area contributed by atoms with Crippen LogP contribution in [0.3, 0.4) is 0 Å². The molecule has 9 heteroatoms. The number of esters is 1. The third-order valence-corrected chi connectivity index (χ3v) is 5.88. The van der Waals surface area contributed by atoms with Gasteiger partial charge in [0.1, 0.15) is 16.7 Å². The number of aliphatic hydroxyl groups excluding tert-OH is 1. The predicted molar refractivity (Wildman–Crippen MR) is 82.9 cm³/mol. The average Bonchev–Trinajstić information content (AvgIpc) is 2.53. The standard InChI is InChI=1S/C14H18ClNO6S/c1-21-12-4-3-9(15)7-13(12)23(19,20)16-6-5-10(17)8-11(16)14(18)22-2/h3-4,7,10-11,17H,5-6,8H2,1-2H3/t10-,11+/m1/s1. The highest BCUT2D eigenvalue weighted by atomic mass is 35.5. The second-order valence-electron chi connectivity index (χ2n) is 5.13. The molecule has 23 heavy (non-hydrogen) atoms. The summed E-state index contributed by atoms with van der Waals surface area (Å²) in [5.41, 5.74) is 0. The highest BCUT2D eigenvalue weighted by Crippen LogP contribution is 2.33. The molecule has 0 spiro atoms.